The van der Waals surface area contributed by atoms with Gasteiger partial charge in [-0.15, -0.1) is 0 Å². The van der Waals surface area contributed by atoms with Gasteiger partial charge in [-0.1, -0.05) is 12.1 Å². The van der Waals surface area contributed by atoms with Crippen LogP contribution in [-0.2, 0) is 10.0 Å². The molecule has 0 heterocycles. The van der Waals surface area contributed by atoms with E-state index in [1.807, 2.05) is 0 Å². The number of hydrogen-bond acceptors (Lipinski definition) is 3. The van der Waals surface area contributed by atoms with Crippen LogP contribution in [0.15, 0.2) is 53.4 Å². The van der Waals surface area contributed by atoms with Crippen molar-refractivity contribution in [3.63, 3.8) is 0 Å². The molecule has 4 nitrogen and oxygen atoms in total. The minimum atomic E-state index is -3.74. The Kier molecular flexibility index (Phi) is 4.06. The molecular formula is C14H14FNO3S. The third-order valence-corrected chi connectivity index (χ3v) is 4.17. The fourth-order valence-electron chi connectivity index (χ4n) is 1.66. The van der Waals surface area contributed by atoms with E-state index in [4.69, 9.17) is 0 Å². The fourth-order valence-corrected chi connectivity index (χ4v) is 2.72. The molecule has 2 aromatic carbocycles. The smallest absolute Gasteiger partial charge is 0.261 e. The third-order valence-electron chi connectivity index (χ3n) is 2.77. The topological polar surface area (TPSA) is 66.4 Å². The Balaban J connectivity index is 2.22. The first-order valence-corrected chi connectivity index (χ1v) is 7.43. The molecule has 0 fully saturated rings. The molecule has 0 saturated heterocycles. The summed E-state index contributed by atoms with van der Waals surface area (Å²) in [4.78, 5) is -0.0153. The summed E-state index contributed by atoms with van der Waals surface area (Å²) < 4.78 is 39.3. The fraction of sp³-hybridized carbons (Fsp3) is 0.143. The summed E-state index contributed by atoms with van der Waals surface area (Å²) in [6.07, 6.45) is -0.613. The number of rotatable bonds is 4. The average Bonchev–Trinajstić information content (AvgIpc) is 2.39. The largest absolute Gasteiger partial charge is 0.389 e. The minimum absolute atomic E-state index is 0.0153. The van der Waals surface area contributed by atoms with E-state index in [1.165, 1.54) is 12.1 Å². The maximum Gasteiger partial charge on any atom is 0.261 e. The molecule has 2 rings (SSSR count). The molecule has 0 saturated carbocycles. The summed E-state index contributed by atoms with van der Waals surface area (Å²) in [6, 6.07) is 11.0. The molecule has 1 atom stereocenters. The van der Waals surface area contributed by atoms with Gasteiger partial charge < -0.3 is 5.11 Å². The SMILES string of the molecule is CC(O)c1ccc(NS(=O)(=O)c2ccc(F)cc2)cc1. The number of benzene rings is 2. The second-order valence-electron chi connectivity index (χ2n) is 4.36. The van der Waals surface area contributed by atoms with E-state index in [-0.39, 0.29) is 4.90 Å². The lowest BCUT2D eigenvalue weighted by Gasteiger charge is -2.09. The van der Waals surface area contributed by atoms with Crippen molar-refractivity contribution in [1.29, 1.82) is 0 Å². The summed E-state index contributed by atoms with van der Waals surface area (Å²) in [7, 11) is -3.74. The van der Waals surface area contributed by atoms with Gasteiger partial charge in [-0.25, -0.2) is 12.8 Å². The maximum absolute atomic E-state index is 12.8. The average molecular weight is 295 g/mol. The molecule has 1 unspecified atom stereocenters. The molecule has 20 heavy (non-hydrogen) atoms. The van der Waals surface area contributed by atoms with Crippen molar-refractivity contribution in [3.05, 3.63) is 59.9 Å². The molecule has 0 spiro atoms. The molecule has 0 aliphatic heterocycles. The van der Waals surface area contributed by atoms with Gasteiger partial charge in [-0.05, 0) is 48.9 Å². The zero-order valence-corrected chi connectivity index (χ0v) is 11.6. The van der Waals surface area contributed by atoms with Crippen molar-refractivity contribution in [1.82, 2.24) is 0 Å². The standard InChI is InChI=1S/C14H14FNO3S/c1-10(17)11-2-6-13(7-3-11)16-20(18,19)14-8-4-12(15)5-9-14/h2-10,16-17H,1H3. The Morgan fingerprint density at radius 2 is 1.60 bits per heavy atom. The van der Waals surface area contributed by atoms with Crippen LogP contribution in [0.25, 0.3) is 0 Å². The van der Waals surface area contributed by atoms with E-state index in [9.17, 15) is 17.9 Å². The summed E-state index contributed by atoms with van der Waals surface area (Å²) in [5, 5.41) is 9.38. The number of sulfonamides is 1. The Morgan fingerprint density at radius 1 is 1.05 bits per heavy atom. The number of aliphatic hydroxyl groups excluding tert-OH is 1. The number of anilines is 1. The lowest BCUT2D eigenvalue weighted by atomic mass is 10.1. The first kappa shape index (κ1) is 14.5. The number of halogens is 1. The number of nitrogens with one attached hydrogen (secondary N) is 1. The third kappa shape index (κ3) is 3.34. The van der Waals surface area contributed by atoms with Crippen LogP contribution in [0.5, 0.6) is 0 Å². The number of aliphatic hydroxyl groups is 1. The van der Waals surface area contributed by atoms with E-state index in [2.05, 4.69) is 4.72 Å². The highest BCUT2D eigenvalue weighted by Crippen LogP contribution is 2.19. The van der Waals surface area contributed by atoms with Gasteiger partial charge in [-0.3, -0.25) is 4.72 Å². The van der Waals surface area contributed by atoms with Crippen LogP contribution >= 0.6 is 0 Å². The van der Waals surface area contributed by atoms with Gasteiger partial charge in [-0.2, -0.15) is 0 Å². The van der Waals surface area contributed by atoms with Crippen molar-refractivity contribution in [3.8, 4) is 0 Å². The highest BCUT2D eigenvalue weighted by Gasteiger charge is 2.14. The molecule has 0 bridgehead atoms. The van der Waals surface area contributed by atoms with Crippen molar-refractivity contribution in [2.45, 2.75) is 17.9 Å². The van der Waals surface area contributed by atoms with E-state index < -0.39 is 21.9 Å². The highest BCUT2D eigenvalue weighted by molar-refractivity contribution is 7.92. The predicted molar refractivity (Wildman–Crippen MR) is 74.3 cm³/mol. The normalized spacial score (nSPS) is 12.9. The Bertz CT molecular complexity index is 679. The van der Waals surface area contributed by atoms with Gasteiger partial charge in [0.05, 0.1) is 11.0 Å². The number of hydrogen-bond donors (Lipinski definition) is 2. The summed E-state index contributed by atoms with van der Waals surface area (Å²) in [5.41, 5.74) is 1.06. The van der Waals surface area contributed by atoms with Crippen LogP contribution in [0, 0.1) is 5.82 Å². The van der Waals surface area contributed by atoms with Crippen LogP contribution < -0.4 is 4.72 Å². The lowest BCUT2D eigenvalue weighted by molar-refractivity contribution is 0.199. The maximum atomic E-state index is 12.8. The van der Waals surface area contributed by atoms with Gasteiger partial charge in [0.1, 0.15) is 5.82 Å². The van der Waals surface area contributed by atoms with Crippen molar-refractivity contribution >= 4 is 15.7 Å². The zero-order valence-electron chi connectivity index (χ0n) is 10.7. The van der Waals surface area contributed by atoms with E-state index in [0.29, 0.717) is 11.3 Å². The van der Waals surface area contributed by atoms with Crippen molar-refractivity contribution in [2.75, 3.05) is 4.72 Å². The first-order valence-electron chi connectivity index (χ1n) is 5.95. The molecule has 0 amide bonds. The van der Waals surface area contributed by atoms with Crippen LogP contribution in [0.4, 0.5) is 10.1 Å². The first-order chi connectivity index (χ1) is 9.38. The molecule has 0 aliphatic rings. The monoisotopic (exact) mass is 295 g/mol. The highest BCUT2D eigenvalue weighted by atomic mass is 32.2. The molecule has 0 aliphatic carbocycles. The van der Waals surface area contributed by atoms with E-state index >= 15 is 0 Å². The Hall–Kier alpha value is -1.92. The lowest BCUT2D eigenvalue weighted by Crippen LogP contribution is -2.12. The van der Waals surface area contributed by atoms with Gasteiger partial charge >= 0.3 is 0 Å². The Morgan fingerprint density at radius 3 is 2.10 bits per heavy atom. The van der Waals surface area contributed by atoms with E-state index in [0.717, 1.165) is 12.1 Å². The van der Waals surface area contributed by atoms with E-state index in [1.54, 1.807) is 31.2 Å². The van der Waals surface area contributed by atoms with Gasteiger partial charge in [0.2, 0.25) is 0 Å². The van der Waals surface area contributed by atoms with Crippen LogP contribution in [0.2, 0.25) is 0 Å². The summed E-state index contributed by atoms with van der Waals surface area (Å²) in [5.74, 6) is -0.495. The summed E-state index contributed by atoms with van der Waals surface area (Å²) in [6.45, 7) is 1.62. The minimum Gasteiger partial charge on any atom is -0.389 e. The summed E-state index contributed by atoms with van der Waals surface area (Å²) >= 11 is 0. The van der Waals surface area contributed by atoms with Crippen LogP contribution in [0.1, 0.15) is 18.6 Å². The quantitative estimate of drug-likeness (QED) is 0.911. The second kappa shape index (κ2) is 5.60. The molecule has 0 radical (unpaired) electrons. The van der Waals surface area contributed by atoms with Crippen molar-refractivity contribution < 1.29 is 17.9 Å². The molecule has 0 aromatic heterocycles. The van der Waals surface area contributed by atoms with Crippen LogP contribution in [-0.4, -0.2) is 13.5 Å². The Labute approximate surface area is 116 Å². The van der Waals surface area contributed by atoms with Gasteiger partial charge in [0.25, 0.3) is 10.0 Å². The van der Waals surface area contributed by atoms with Gasteiger partial charge in [0, 0.05) is 5.69 Å². The zero-order chi connectivity index (χ0) is 14.8. The predicted octanol–water partition coefficient (Wildman–Crippen LogP) is 2.68. The molecule has 6 heteroatoms. The molecule has 2 N–H and O–H groups in total. The molecule has 2 aromatic rings. The van der Waals surface area contributed by atoms with Crippen LogP contribution in [0.3, 0.4) is 0 Å². The van der Waals surface area contributed by atoms with Crippen molar-refractivity contribution in [2.24, 2.45) is 0 Å². The molecule has 106 valence electrons. The molecular weight excluding hydrogens is 281 g/mol. The van der Waals surface area contributed by atoms with Gasteiger partial charge in [0.15, 0.2) is 0 Å². The second-order valence-corrected chi connectivity index (χ2v) is 6.04.